The second-order valence-corrected chi connectivity index (χ2v) is 10.5. The van der Waals surface area contributed by atoms with Crippen molar-refractivity contribution in [2.24, 2.45) is 7.05 Å². The van der Waals surface area contributed by atoms with Gasteiger partial charge in [-0.1, -0.05) is 72.4 Å². The zero-order valence-corrected chi connectivity index (χ0v) is 20.8. The Morgan fingerprint density at radius 1 is 1.00 bits per heavy atom. The minimum absolute atomic E-state index is 0.0348. The summed E-state index contributed by atoms with van der Waals surface area (Å²) in [6.45, 7) is 0.519. The molecule has 0 fully saturated rings. The standard InChI is InChI=1S/C26H27N5OS2/c1-30-23(16-19-10-4-2-5-11-19)28-29-26(30)33-18-24(32)31(17-20-12-6-3-7-13-20)25-27-21-14-8-9-15-22(21)34-25/h2-7,10-13H,8-9,14-18H2,1H3. The second kappa shape index (κ2) is 10.5. The number of anilines is 1. The predicted molar refractivity (Wildman–Crippen MR) is 137 cm³/mol. The van der Waals surface area contributed by atoms with Crippen LogP contribution >= 0.6 is 23.1 Å². The Bertz CT molecular complexity index is 1230. The van der Waals surface area contributed by atoms with Gasteiger partial charge in [0.15, 0.2) is 10.3 Å². The molecule has 0 N–H and O–H groups in total. The largest absolute Gasteiger partial charge is 0.309 e. The normalized spacial score (nSPS) is 13.0. The number of carbonyl (C=O) groups excluding carboxylic acids is 1. The van der Waals surface area contributed by atoms with Crippen molar-refractivity contribution in [1.29, 1.82) is 0 Å². The van der Waals surface area contributed by atoms with Crippen LogP contribution in [0.3, 0.4) is 0 Å². The highest BCUT2D eigenvalue weighted by molar-refractivity contribution is 7.99. The lowest BCUT2D eigenvalue weighted by Gasteiger charge is -2.20. The van der Waals surface area contributed by atoms with E-state index in [0.717, 1.165) is 34.5 Å². The van der Waals surface area contributed by atoms with E-state index in [4.69, 9.17) is 4.98 Å². The van der Waals surface area contributed by atoms with Gasteiger partial charge < -0.3 is 4.57 Å². The molecule has 1 aliphatic rings. The molecule has 6 nitrogen and oxygen atoms in total. The van der Waals surface area contributed by atoms with Gasteiger partial charge in [-0.15, -0.1) is 21.5 Å². The smallest absolute Gasteiger partial charge is 0.239 e. The fourth-order valence-corrected chi connectivity index (χ4v) is 6.06. The molecule has 0 unspecified atom stereocenters. The molecule has 5 rings (SSSR count). The Morgan fingerprint density at radius 3 is 2.44 bits per heavy atom. The number of nitrogens with zero attached hydrogens (tertiary/aromatic N) is 5. The topological polar surface area (TPSA) is 63.9 Å². The van der Waals surface area contributed by atoms with Crippen molar-refractivity contribution < 1.29 is 4.79 Å². The quantitative estimate of drug-likeness (QED) is 0.324. The lowest BCUT2D eigenvalue weighted by atomic mass is 10.0. The van der Waals surface area contributed by atoms with Crippen LogP contribution in [0.25, 0.3) is 0 Å². The molecular formula is C26H27N5OS2. The van der Waals surface area contributed by atoms with Crippen LogP contribution in [0.4, 0.5) is 5.13 Å². The monoisotopic (exact) mass is 489 g/mol. The highest BCUT2D eigenvalue weighted by atomic mass is 32.2. The van der Waals surface area contributed by atoms with Crippen LogP contribution in [-0.2, 0) is 37.6 Å². The molecule has 0 saturated carbocycles. The lowest BCUT2D eigenvalue weighted by molar-refractivity contribution is -0.116. The van der Waals surface area contributed by atoms with E-state index in [1.165, 1.54) is 40.7 Å². The SMILES string of the molecule is Cn1c(Cc2ccccc2)nnc1SCC(=O)N(Cc1ccccc1)c1nc2c(s1)CCCC2. The Labute approximate surface area is 208 Å². The van der Waals surface area contributed by atoms with Crippen molar-refractivity contribution in [3.05, 3.63) is 88.2 Å². The van der Waals surface area contributed by atoms with Crippen molar-refractivity contribution in [3.63, 3.8) is 0 Å². The van der Waals surface area contributed by atoms with Crippen molar-refractivity contribution in [2.75, 3.05) is 10.7 Å². The number of hydrogen-bond acceptors (Lipinski definition) is 6. The van der Waals surface area contributed by atoms with Crippen molar-refractivity contribution in [2.45, 2.75) is 43.8 Å². The van der Waals surface area contributed by atoms with Crippen molar-refractivity contribution in [1.82, 2.24) is 19.7 Å². The van der Waals surface area contributed by atoms with E-state index < -0.39 is 0 Å². The summed E-state index contributed by atoms with van der Waals surface area (Å²) < 4.78 is 1.98. The van der Waals surface area contributed by atoms with Gasteiger partial charge in [-0.05, 0) is 36.8 Å². The summed E-state index contributed by atoms with van der Waals surface area (Å²) >= 11 is 3.10. The molecule has 2 heterocycles. The molecule has 4 aromatic rings. The molecule has 8 heteroatoms. The van der Waals surface area contributed by atoms with Gasteiger partial charge in [0, 0.05) is 18.3 Å². The zero-order chi connectivity index (χ0) is 23.3. The van der Waals surface area contributed by atoms with Crippen LogP contribution in [0.1, 0.15) is 40.4 Å². The Hall–Kier alpha value is -2.97. The van der Waals surface area contributed by atoms with Gasteiger partial charge in [0.2, 0.25) is 5.91 Å². The molecule has 2 aromatic carbocycles. The van der Waals surface area contributed by atoms with Crippen LogP contribution < -0.4 is 4.90 Å². The highest BCUT2D eigenvalue weighted by Crippen LogP contribution is 2.33. The number of rotatable bonds is 8. The average Bonchev–Trinajstić information content (AvgIpc) is 3.46. The molecule has 1 aliphatic carbocycles. The lowest BCUT2D eigenvalue weighted by Crippen LogP contribution is -2.32. The molecule has 0 spiro atoms. The van der Waals surface area contributed by atoms with Gasteiger partial charge in [-0.2, -0.15) is 0 Å². The Kier molecular flexibility index (Phi) is 7.06. The maximum absolute atomic E-state index is 13.5. The summed E-state index contributed by atoms with van der Waals surface area (Å²) in [5.41, 5.74) is 3.45. The van der Waals surface area contributed by atoms with Gasteiger partial charge in [-0.25, -0.2) is 4.98 Å². The maximum Gasteiger partial charge on any atom is 0.239 e. The maximum atomic E-state index is 13.5. The van der Waals surface area contributed by atoms with Gasteiger partial charge in [-0.3, -0.25) is 9.69 Å². The number of hydrogen-bond donors (Lipinski definition) is 0. The number of aromatic nitrogens is 4. The average molecular weight is 490 g/mol. The number of thioether (sulfide) groups is 1. The number of aryl methyl sites for hydroxylation is 2. The van der Waals surface area contributed by atoms with E-state index in [1.807, 2.05) is 52.9 Å². The van der Waals surface area contributed by atoms with E-state index in [9.17, 15) is 4.79 Å². The summed E-state index contributed by atoms with van der Waals surface area (Å²) in [6.07, 6.45) is 5.17. The first-order valence-electron chi connectivity index (χ1n) is 11.6. The Morgan fingerprint density at radius 2 is 1.71 bits per heavy atom. The molecule has 0 radical (unpaired) electrons. The number of fused-ring (bicyclic) bond motifs is 1. The first-order chi connectivity index (χ1) is 16.7. The molecule has 2 aromatic heterocycles. The van der Waals surface area contributed by atoms with Crippen molar-refractivity contribution in [3.8, 4) is 0 Å². The minimum Gasteiger partial charge on any atom is -0.309 e. The van der Waals surface area contributed by atoms with Crippen LogP contribution in [-0.4, -0.2) is 31.4 Å². The fourth-order valence-electron chi connectivity index (χ4n) is 4.09. The van der Waals surface area contributed by atoms with Crippen LogP contribution in [0.5, 0.6) is 0 Å². The first-order valence-corrected chi connectivity index (χ1v) is 13.4. The fraction of sp³-hybridized carbons (Fsp3) is 0.308. The van der Waals surface area contributed by atoms with Gasteiger partial charge in [0.1, 0.15) is 5.82 Å². The van der Waals surface area contributed by atoms with E-state index in [-0.39, 0.29) is 11.7 Å². The Balaban J connectivity index is 1.31. The highest BCUT2D eigenvalue weighted by Gasteiger charge is 2.24. The van der Waals surface area contributed by atoms with Gasteiger partial charge in [0.05, 0.1) is 18.0 Å². The van der Waals surface area contributed by atoms with Gasteiger partial charge >= 0.3 is 0 Å². The summed E-state index contributed by atoms with van der Waals surface area (Å²) in [7, 11) is 1.96. The zero-order valence-electron chi connectivity index (χ0n) is 19.2. The molecule has 34 heavy (non-hydrogen) atoms. The molecular weight excluding hydrogens is 462 g/mol. The molecule has 174 valence electrons. The van der Waals surface area contributed by atoms with E-state index in [0.29, 0.717) is 13.0 Å². The summed E-state index contributed by atoms with van der Waals surface area (Å²) in [5.74, 6) is 1.21. The van der Waals surface area contributed by atoms with E-state index in [1.54, 1.807) is 11.3 Å². The molecule has 0 aliphatic heterocycles. The third-order valence-corrected chi connectivity index (χ3v) is 8.19. The van der Waals surface area contributed by atoms with Crippen LogP contribution in [0.2, 0.25) is 0 Å². The van der Waals surface area contributed by atoms with E-state index in [2.05, 4.69) is 34.5 Å². The molecule has 0 atom stereocenters. The summed E-state index contributed by atoms with van der Waals surface area (Å²) in [6, 6.07) is 20.3. The minimum atomic E-state index is 0.0348. The predicted octanol–water partition coefficient (Wildman–Crippen LogP) is 5.07. The first kappa shape index (κ1) is 22.8. The number of carbonyl (C=O) groups is 1. The van der Waals surface area contributed by atoms with Gasteiger partial charge in [0.25, 0.3) is 0 Å². The third-order valence-electron chi connectivity index (χ3n) is 6.00. The van der Waals surface area contributed by atoms with Crippen LogP contribution in [0, 0.1) is 0 Å². The second-order valence-electron chi connectivity index (χ2n) is 8.45. The van der Waals surface area contributed by atoms with Crippen LogP contribution in [0.15, 0.2) is 65.8 Å². The number of amides is 1. The summed E-state index contributed by atoms with van der Waals surface area (Å²) in [4.78, 5) is 21.5. The van der Waals surface area contributed by atoms with E-state index >= 15 is 0 Å². The molecule has 0 bridgehead atoms. The molecule has 1 amide bonds. The number of benzene rings is 2. The molecule has 0 saturated heterocycles. The van der Waals surface area contributed by atoms with Crippen molar-refractivity contribution >= 4 is 34.1 Å². The number of thiazole rings is 1. The third kappa shape index (κ3) is 5.23. The summed E-state index contributed by atoms with van der Waals surface area (Å²) in [5, 5.41) is 10.3.